The summed E-state index contributed by atoms with van der Waals surface area (Å²) in [7, 11) is 1.41. The lowest BCUT2D eigenvalue weighted by Crippen LogP contribution is -2.22. The van der Waals surface area contributed by atoms with E-state index >= 15 is 0 Å². The average Bonchev–Trinajstić information content (AvgIpc) is 2.16. The molecule has 1 aromatic heterocycles. The summed E-state index contributed by atoms with van der Waals surface area (Å²) in [6, 6.07) is 0.274. The maximum absolute atomic E-state index is 10.7. The lowest BCUT2D eigenvalue weighted by molar-refractivity contribution is -0.138. The SMILES string of the molecule is COc1ccnc(Cl)c1C(N)C(=O)O. The molecule has 0 aromatic carbocycles. The van der Waals surface area contributed by atoms with Crippen LogP contribution in [0.2, 0.25) is 5.15 Å². The van der Waals surface area contributed by atoms with Crippen molar-refractivity contribution in [3.63, 3.8) is 0 Å². The van der Waals surface area contributed by atoms with Crippen LogP contribution >= 0.6 is 11.6 Å². The number of carboxylic acid groups (broad SMARTS) is 1. The Bertz CT molecular complexity index is 356. The summed E-state index contributed by atoms with van der Waals surface area (Å²) in [4.78, 5) is 14.4. The van der Waals surface area contributed by atoms with Crippen molar-refractivity contribution in [2.24, 2.45) is 5.73 Å². The van der Waals surface area contributed by atoms with E-state index in [1.54, 1.807) is 0 Å². The maximum atomic E-state index is 10.7. The summed E-state index contributed by atoms with van der Waals surface area (Å²) in [5.74, 6) is -0.863. The fourth-order valence-electron chi connectivity index (χ4n) is 1.01. The lowest BCUT2D eigenvalue weighted by Gasteiger charge is -2.12. The first-order valence-electron chi connectivity index (χ1n) is 3.74. The van der Waals surface area contributed by atoms with Crippen LogP contribution in [0.15, 0.2) is 12.3 Å². The lowest BCUT2D eigenvalue weighted by atomic mass is 10.1. The third-order valence-electron chi connectivity index (χ3n) is 1.70. The van der Waals surface area contributed by atoms with Gasteiger partial charge in [-0.3, -0.25) is 4.79 Å². The Hall–Kier alpha value is -1.33. The van der Waals surface area contributed by atoms with Crippen LogP contribution < -0.4 is 10.5 Å². The Kier molecular flexibility index (Phi) is 3.27. The van der Waals surface area contributed by atoms with Gasteiger partial charge >= 0.3 is 5.97 Å². The van der Waals surface area contributed by atoms with Crippen LogP contribution in [0.4, 0.5) is 0 Å². The molecule has 6 heteroatoms. The van der Waals surface area contributed by atoms with E-state index in [2.05, 4.69) is 4.98 Å². The summed E-state index contributed by atoms with van der Waals surface area (Å²) >= 11 is 5.71. The third-order valence-corrected chi connectivity index (χ3v) is 2.00. The van der Waals surface area contributed by atoms with Gasteiger partial charge in [0.05, 0.1) is 12.7 Å². The molecule has 76 valence electrons. The van der Waals surface area contributed by atoms with Crippen LogP contribution in [0.25, 0.3) is 0 Å². The Morgan fingerprint density at radius 3 is 2.93 bits per heavy atom. The van der Waals surface area contributed by atoms with Gasteiger partial charge < -0.3 is 15.6 Å². The zero-order valence-corrected chi connectivity index (χ0v) is 8.15. The topological polar surface area (TPSA) is 85.4 Å². The van der Waals surface area contributed by atoms with E-state index < -0.39 is 12.0 Å². The van der Waals surface area contributed by atoms with Crippen molar-refractivity contribution in [1.29, 1.82) is 0 Å². The van der Waals surface area contributed by atoms with Gasteiger partial charge in [-0.05, 0) is 6.07 Å². The van der Waals surface area contributed by atoms with Crippen molar-refractivity contribution >= 4 is 17.6 Å². The number of hydrogen-bond acceptors (Lipinski definition) is 4. The molecule has 0 saturated heterocycles. The van der Waals surface area contributed by atoms with Gasteiger partial charge in [-0.15, -0.1) is 0 Å². The standard InChI is InChI=1S/C8H9ClN2O3/c1-14-4-2-3-11-7(9)5(4)6(10)8(12)13/h2-3,6H,10H2,1H3,(H,12,13). The number of pyridine rings is 1. The third kappa shape index (κ3) is 1.94. The van der Waals surface area contributed by atoms with Crippen LogP contribution in [0, 0.1) is 0 Å². The minimum Gasteiger partial charge on any atom is -0.496 e. The first-order chi connectivity index (χ1) is 6.57. The molecule has 0 amide bonds. The van der Waals surface area contributed by atoms with E-state index in [9.17, 15) is 4.79 Å². The minimum absolute atomic E-state index is 0.0410. The van der Waals surface area contributed by atoms with E-state index in [4.69, 9.17) is 27.2 Å². The highest BCUT2D eigenvalue weighted by Gasteiger charge is 2.22. The molecule has 0 fully saturated rings. The van der Waals surface area contributed by atoms with Crippen LogP contribution in [0.5, 0.6) is 5.75 Å². The van der Waals surface area contributed by atoms with Crippen LogP contribution in [-0.2, 0) is 4.79 Å². The maximum Gasteiger partial charge on any atom is 0.325 e. The summed E-state index contributed by atoms with van der Waals surface area (Å²) < 4.78 is 4.93. The van der Waals surface area contributed by atoms with Gasteiger partial charge in [-0.1, -0.05) is 11.6 Å². The molecule has 0 spiro atoms. The first-order valence-corrected chi connectivity index (χ1v) is 4.12. The number of halogens is 1. The molecule has 0 aliphatic rings. The summed E-state index contributed by atoms with van der Waals surface area (Å²) in [6.07, 6.45) is 1.42. The summed E-state index contributed by atoms with van der Waals surface area (Å²) in [5.41, 5.74) is 5.60. The molecule has 0 radical (unpaired) electrons. The number of hydrogen-bond donors (Lipinski definition) is 2. The van der Waals surface area contributed by atoms with Crippen LogP contribution in [0.1, 0.15) is 11.6 Å². The number of ether oxygens (including phenoxy) is 1. The van der Waals surface area contributed by atoms with Crippen LogP contribution in [0.3, 0.4) is 0 Å². The number of rotatable bonds is 3. The average molecular weight is 217 g/mol. The number of carbonyl (C=O) groups is 1. The zero-order chi connectivity index (χ0) is 10.7. The number of aliphatic carboxylic acids is 1. The highest BCUT2D eigenvalue weighted by atomic mass is 35.5. The second-order valence-corrected chi connectivity index (χ2v) is 2.89. The van der Waals surface area contributed by atoms with E-state index in [1.165, 1.54) is 19.4 Å². The largest absolute Gasteiger partial charge is 0.496 e. The number of nitrogens with zero attached hydrogens (tertiary/aromatic N) is 1. The molecular formula is C8H9ClN2O3. The summed E-state index contributed by atoms with van der Waals surface area (Å²) in [5, 5.41) is 8.75. The van der Waals surface area contributed by atoms with Crippen molar-refractivity contribution in [2.45, 2.75) is 6.04 Å². The Morgan fingerprint density at radius 1 is 1.79 bits per heavy atom. The molecule has 1 aromatic rings. The van der Waals surface area contributed by atoms with E-state index in [0.29, 0.717) is 5.75 Å². The number of methoxy groups -OCH3 is 1. The number of aromatic nitrogens is 1. The zero-order valence-electron chi connectivity index (χ0n) is 7.40. The first kappa shape index (κ1) is 10.7. The van der Waals surface area contributed by atoms with E-state index in [-0.39, 0.29) is 10.7 Å². The van der Waals surface area contributed by atoms with Gasteiger partial charge in [0.15, 0.2) is 0 Å². The van der Waals surface area contributed by atoms with Gasteiger partial charge in [0.1, 0.15) is 16.9 Å². The minimum atomic E-state index is -1.23. The Labute approximate surface area is 85.5 Å². The Morgan fingerprint density at radius 2 is 2.43 bits per heavy atom. The highest BCUT2D eigenvalue weighted by molar-refractivity contribution is 6.30. The molecule has 14 heavy (non-hydrogen) atoms. The predicted molar refractivity (Wildman–Crippen MR) is 50.4 cm³/mol. The van der Waals surface area contributed by atoms with E-state index in [0.717, 1.165) is 0 Å². The van der Waals surface area contributed by atoms with E-state index in [1.807, 2.05) is 0 Å². The second kappa shape index (κ2) is 4.26. The fraction of sp³-hybridized carbons (Fsp3) is 0.250. The number of nitrogens with two attached hydrogens (primary N) is 1. The highest BCUT2D eigenvalue weighted by Crippen LogP contribution is 2.29. The molecule has 5 nitrogen and oxygen atoms in total. The molecule has 0 bridgehead atoms. The van der Waals surface area contributed by atoms with Crippen LogP contribution in [-0.4, -0.2) is 23.2 Å². The molecule has 0 saturated carbocycles. The molecule has 1 rings (SSSR count). The Balaban J connectivity index is 3.23. The van der Waals surface area contributed by atoms with Crippen molar-refractivity contribution < 1.29 is 14.6 Å². The molecule has 0 aliphatic carbocycles. The molecule has 3 N–H and O–H groups in total. The monoisotopic (exact) mass is 216 g/mol. The van der Waals surface area contributed by atoms with Crippen molar-refractivity contribution in [2.75, 3.05) is 7.11 Å². The van der Waals surface area contributed by atoms with Crippen molar-refractivity contribution in [3.05, 3.63) is 23.0 Å². The molecule has 1 unspecified atom stereocenters. The predicted octanol–water partition coefficient (Wildman–Crippen LogP) is 0.828. The van der Waals surface area contributed by atoms with Gasteiger partial charge in [-0.25, -0.2) is 4.98 Å². The molecular weight excluding hydrogens is 208 g/mol. The smallest absolute Gasteiger partial charge is 0.325 e. The molecule has 1 heterocycles. The molecule has 0 aliphatic heterocycles. The van der Waals surface area contributed by atoms with Gasteiger partial charge in [0, 0.05) is 6.20 Å². The normalized spacial score (nSPS) is 12.2. The second-order valence-electron chi connectivity index (χ2n) is 2.53. The van der Waals surface area contributed by atoms with Gasteiger partial charge in [0.2, 0.25) is 0 Å². The van der Waals surface area contributed by atoms with Crippen molar-refractivity contribution in [3.8, 4) is 5.75 Å². The van der Waals surface area contributed by atoms with Gasteiger partial charge in [-0.2, -0.15) is 0 Å². The molecule has 1 atom stereocenters. The quantitative estimate of drug-likeness (QED) is 0.731. The fourth-order valence-corrected chi connectivity index (χ4v) is 1.28. The van der Waals surface area contributed by atoms with Gasteiger partial charge in [0.25, 0.3) is 0 Å². The van der Waals surface area contributed by atoms with Crippen molar-refractivity contribution in [1.82, 2.24) is 4.98 Å². The number of carboxylic acids is 1. The summed E-state index contributed by atoms with van der Waals surface area (Å²) in [6.45, 7) is 0.